The normalized spacial score (nSPS) is 16.2. The predicted octanol–water partition coefficient (Wildman–Crippen LogP) is 3.04. The summed E-state index contributed by atoms with van der Waals surface area (Å²) < 4.78 is 6.23. The molecule has 1 fully saturated rings. The molecule has 0 aliphatic heterocycles. The average molecular weight is 249 g/mol. The van der Waals surface area contributed by atoms with Crippen LogP contribution < -0.4 is 4.74 Å². The molecule has 1 aromatic rings. The number of ether oxygens (including phenoxy) is 1. The number of pyridine rings is 1. The Labute approximate surface area is 84.0 Å². The first-order valence-electron chi connectivity index (χ1n) is 3.73. The van der Waals surface area contributed by atoms with Gasteiger partial charge in [-0.15, -0.1) is 0 Å². The summed E-state index contributed by atoms with van der Waals surface area (Å²) in [6.45, 7) is 0. The zero-order valence-corrected chi connectivity index (χ0v) is 8.60. The van der Waals surface area contributed by atoms with E-state index in [0.29, 0.717) is 16.9 Å². The van der Waals surface area contributed by atoms with Gasteiger partial charge in [0.25, 0.3) is 0 Å². The molecule has 64 valence electrons. The van der Waals surface area contributed by atoms with Crippen LogP contribution in [0.15, 0.2) is 16.9 Å². The molecule has 1 heterocycles. The van der Waals surface area contributed by atoms with Crippen molar-refractivity contribution in [2.45, 2.75) is 18.9 Å². The first-order chi connectivity index (χ1) is 5.75. The fraction of sp³-hybridized carbons (Fsp3) is 0.375. The third-order valence-electron chi connectivity index (χ3n) is 1.60. The Balaban J connectivity index is 2.18. The molecule has 1 saturated carbocycles. The van der Waals surface area contributed by atoms with Gasteiger partial charge in [-0.25, -0.2) is 4.98 Å². The van der Waals surface area contributed by atoms with Gasteiger partial charge in [0.05, 0.1) is 17.3 Å². The van der Waals surface area contributed by atoms with Crippen LogP contribution in [0.4, 0.5) is 0 Å². The standard InChI is InChI=1S/C8H7BrClNO/c9-8-3-6(10)7(4-11-8)12-5-1-2-5/h3-5H,1-2H2. The Kier molecular flexibility index (Phi) is 2.24. The summed E-state index contributed by atoms with van der Waals surface area (Å²) in [7, 11) is 0. The van der Waals surface area contributed by atoms with E-state index in [9.17, 15) is 0 Å². The van der Waals surface area contributed by atoms with Gasteiger partial charge < -0.3 is 4.74 Å². The van der Waals surface area contributed by atoms with Crippen LogP contribution in [0, 0.1) is 0 Å². The van der Waals surface area contributed by atoms with Crippen LogP contribution in [0.1, 0.15) is 12.8 Å². The summed E-state index contributed by atoms with van der Waals surface area (Å²) in [5, 5.41) is 0.615. The largest absolute Gasteiger partial charge is 0.487 e. The third kappa shape index (κ3) is 1.90. The lowest BCUT2D eigenvalue weighted by atomic mass is 10.4. The first kappa shape index (κ1) is 8.32. The molecule has 1 aliphatic rings. The second kappa shape index (κ2) is 3.23. The molecular weight excluding hydrogens is 241 g/mol. The van der Waals surface area contributed by atoms with E-state index in [-0.39, 0.29) is 0 Å². The summed E-state index contributed by atoms with van der Waals surface area (Å²) in [5.41, 5.74) is 0. The summed E-state index contributed by atoms with van der Waals surface area (Å²) in [5.74, 6) is 0.683. The number of aromatic nitrogens is 1. The van der Waals surface area contributed by atoms with Crippen LogP contribution in [0.3, 0.4) is 0 Å². The Hall–Kier alpha value is -0.280. The van der Waals surface area contributed by atoms with E-state index >= 15 is 0 Å². The predicted molar refractivity (Wildman–Crippen MR) is 50.6 cm³/mol. The molecule has 0 radical (unpaired) electrons. The molecule has 4 heteroatoms. The van der Waals surface area contributed by atoms with Gasteiger partial charge >= 0.3 is 0 Å². The highest BCUT2D eigenvalue weighted by atomic mass is 79.9. The molecule has 0 amide bonds. The van der Waals surface area contributed by atoms with Crippen LogP contribution in [0.25, 0.3) is 0 Å². The van der Waals surface area contributed by atoms with Crippen molar-refractivity contribution in [2.75, 3.05) is 0 Å². The fourth-order valence-electron chi connectivity index (χ4n) is 0.847. The van der Waals surface area contributed by atoms with Crippen LogP contribution in [-0.2, 0) is 0 Å². The quantitative estimate of drug-likeness (QED) is 0.751. The van der Waals surface area contributed by atoms with Crippen molar-refractivity contribution in [3.05, 3.63) is 21.9 Å². The highest BCUT2D eigenvalue weighted by Gasteiger charge is 2.24. The van der Waals surface area contributed by atoms with Gasteiger partial charge in [-0.05, 0) is 34.8 Å². The Morgan fingerprint density at radius 2 is 2.33 bits per heavy atom. The lowest BCUT2D eigenvalue weighted by molar-refractivity contribution is 0.302. The molecule has 0 saturated heterocycles. The van der Waals surface area contributed by atoms with Crippen LogP contribution in [0.2, 0.25) is 5.02 Å². The molecule has 0 spiro atoms. The Bertz CT molecular complexity index is 301. The molecule has 0 unspecified atom stereocenters. The highest BCUT2D eigenvalue weighted by Crippen LogP contribution is 2.32. The monoisotopic (exact) mass is 247 g/mol. The van der Waals surface area contributed by atoms with E-state index in [1.54, 1.807) is 12.3 Å². The number of rotatable bonds is 2. The zero-order valence-electron chi connectivity index (χ0n) is 6.26. The second-order valence-electron chi connectivity index (χ2n) is 2.75. The van der Waals surface area contributed by atoms with Crippen molar-refractivity contribution in [2.24, 2.45) is 0 Å². The number of halogens is 2. The second-order valence-corrected chi connectivity index (χ2v) is 3.97. The zero-order chi connectivity index (χ0) is 8.55. The Morgan fingerprint density at radius 1 is 1.58 bits per heavy atom. The van der Waals surface area contributed by atoms with Crippen LogP contribution in [0.5, 0.6) is 5.75 Å². The molecule has 2 rings (SSSR count). The van der Waals surface area contributed by atoms with E-state index in [1.165, 1.54) is 0 Å². The van der Waals surface area contributed by atoms with E-state index in [4.69, 9.17) is 16.3 Å². The molecule has 0 bridgehead atoms. The van der Waals surface area contributed by atoms with Crippen molar-refractivity contribution in [1.82, 2.24) is 4.98 Å². The van der Waals surface area contributed by atoms with Gasteiger partial charge in [0.2, 0.25) is 0 Å². The molecule has 12 heavy (non-hydrogen) atoms. The van der Waals surface area contributed by atoms with Crippen molar-refractivity contribution in [3.63, 3.8) is 0 Å². The van der Waals surface area contributed by atoms with Gasteiger partial charge in [0.15, 0.2) is 5.75 Å². The molecule has 1 aliphatic carbocycles. The van der Waals surface area contributed by atoms with Gasteiger partial charge in [0.1, 0.15) is 4.60 Å². The summed E-state index contributed by atoms with van der Waals surface area (Å²) in [4.78, 5) is 4.03. The molecule has 0 atom stereocenters. The average Bonchev–Trinajstić information content (AvgIpc) is 2.79. The van der Waals surface area contributed by atoms with E-state index in [1.807, 2.05) is 0 Å². The maximum absolute atomic E-state index is 5.91. The van der Waals surface area contributed by atoms with Crippen molar-refractivity contribution >= 4 is 27.5 Å². The third-order valence-corrected chi connectivity index (χ3v) is 2.33. The van der Waals surface area contributed by atoms with Crippen molar-refractivity contribution in [3.8, 4) is 5.75 Å². The van der Waals surface area contributed by atoms with Gasteiger partial charge in [-0.1, -0.05) is 11.6 Å². The number of nitrogens with zero attached hydrogens (tertiary/aromatic N) is 1. The van der Waals surface area contributed by atoms with E-state index < -0.39 is 0 Å². The molecule has 0 aromatic carbocycles. The van der Waals surface area contributed by atoms with E-state index in [2.05, 4.69) is 20.9 Å². The maximum atomic E-state index is 5.91. The van der Waals surface area contributed by atoms with Gasteiger partial charge in [-0.3, -0.25) is 0 Å². The minimum absolute atomic E-state index is 0.366. The van der Waals surface area contributed by atoms with Crippen molar-refractivity contribution in [1.29, 1.82) is 0 Å². The molecule has 1 aromatic heterocycles. The van der Waals surface area contributed by atoms with Crippen molar-refractivity contribution < 1.29 is 4.74 Å². The summed E-state index contributed by atoms with van der Waals surface area (Å²) in [6.07, 6.45) is 4.27. The lowest BCUT2D eigenvalue weighted by Crippen LogP contribution is -1.96. The minimum atomic E-state index is 0.366. The SMILES string of the molecule is Clc1cc(Br)ncc1OC1CC1. The number of hydrogen-bond acceptors (Lipinski definition) is 2. The van der Waals surface area contributed by atoms with Gasteiger partial charge in [0, 0.05) is 0 Å². The Morgan fingerprint density at radius 3 is 2.92 bits per heavy atom. The topological polar surface area (TPSA) is 22.1 Å². The highest BCUT2D eigenvalue weighted by molar-refractivity contribution is 9.10. The molecular formula is C8H7BrClNO. The summed E-state index contributed by atoms with van der Waals surface area (Å²) >= 11 is 9.13. The molecule has 0 N–H and O–H groups in total. The molecule has 2 nitrogen and oxygen atoms in total. The van der Waals surface area contributed by atoms with Crippen LogP contribution >= 0.6 is 27.5 Å². The van der Waals surface area contributed by atoms with Gasteiger partial charge in [-0.2, -0.15) is 0 Å². The van der Waals surface area contributed by atoms with E-state index in [0.717, 1.165) is 17.4 Å². The minimum Gasteiger partial charge on any atom is -0.487 e. The fourth-order valence-corrected chi connectivity index (χ4v) is 1.51. The first-order valence-corrected chi connectivity index (χ1v) is 4.90. The maximum Gasteiger partial charge on any atom is 0.156 e. The lowest BCUT2D eigenvalue weighted by Gasteiger charge is -2.05. The smallest absolute Gasteiger partial charge is 0.156 e. The van der Waals surface area contributed by atoms with Crippen LogP contribution in [-0.4, -0.2) is 11.1 Å². The summed E-state index contributed by atoms with van der Waals surface area (Å²) in [6, 6.07) is 1.74. The number of hydrogen-bond donors (Lipinski definition) is 0.